The molecule has 0 saturated heterocycles. The monoisotopic (exact) mass is 414 g/mol. The van der Waals surface area contributed by atoms with Gasteiger partial charge in [-0.1, -0.05) is 24.6 Å². The predicted octanol–water partition coefficient (Wildman–Crippen LogP) is 4.91. The van der Waals surface area contributed by atoms with Gasteiger partial charge >= 0.3 is 5.97 Å². The molecule has 0 N–H and O–H groups in total. The summed E-state index contributed by atoms with van der Waals surface area (Å²) in [5.74, 6) is -0.454. The first-order valence-electron chi connectivity index (χ1n) is 9.44. The molecule has 0 heterocycles. The van der Waals surface area contributed by atoms with Crippen molar-refractivity contribution in [3.8, 4) is 0 Å². The third kappa shape index (κ3) is 3.77. The molecule has 0 aliphatic heterocycles. The summed E-state index contributed by atoms with van der Waals surface area (Å²) in [5.41, 5.74) is -0.131. The Labute approximate surface area is 168 Å². The normalized spacial score (nSPS) is 21.6. The molecule has 1 aliphatic rings. The van der Waals surface area contributed by atoms with Gasteiger partial charge in [-0.05, 0) is 71.4 Å². The second-order valence-corrected chi connectivity index (χ2v) is 11.7. The third-order valence-corrected chi connectivity index (χ3v) is 9.82. The number of carbonyl (C=O) groups excluding carboxylic acids is 1. The lowest BCUT2D eigenvalue weighted by Crippen LogP contribution is -2.53. The van der Waals surface area contributed by atoms with Crippen molar-refractivity contribution < 1.29 is 17.9 Å². The van der Waals surface area contributed by atoms with Crippen LogP contribution in [0.4, 0.5) is 0 Å². The van der Waals surface area contributed by atoms with Crippen molar-refractivity contribution in [1.29, 1.82) is 0 Å². The first-order valence-corrected chi connectivity index (χ1v) is 11.3. The van der Waals surface area contributed by atoms with E-state index in [1.54, 1.807) is 45.0 Å². The van der Waals surface area contributed by atoms with Crippen LogP contribution < -0.4 is 0 Å². The highest BCUT2D eigenvalue weighted by Gasteiger charge is 2.60. The van der Waals surface area contributed by atoms with Crippen LogP contribution in [0.15, 0.2) is 29.2 Å². The fourth-order valence-corrected chi connectivity index (χ4v) is 6.26. The van der Waals surface area contributed by atoms with E-state index in [4.69, 9.17) is 16.3 Å². The van der Waals surface area contributed by atoms with Crippen LogP contribution in [0.25, 0.3) is 0 Å². The average Bonchev–Trinajstić information content (AvgIpc) is 3.46. The van der Waals surface area contributed by atoms with Crippen molar-refractivity contribution in [1.82, 2.24) is 0 Å². The maximum absolute atomic E-state index is 13.7. The summed E-state index contributed by atoms with van der Waals surface area (Å²) < 4.78 is 31.3. The van der Waals surface area contributed by atoms with Crippen LogP contribution in [0.2, 0.25) is 0 Å². The van der Waals surface area contributed by atoms with Gasteiger partial charge in [0.2, 0.25) is 0 Å². The molecule has 3 unspecified atom stereocenters. The van der Waals surface area contributed by atoms with Gasteiger partial charge in [-0.3, -0.25) is 4.79 Å². The van der Waals surface area contributed by atoms with Crippen LogP contribution in [0.1, 0.15) is 58.9 Å². The van der Waals surface area contributed by atoms with Crippen molar-refractivity contribution in [3.05, 3.63) is 29.8 Å². The van der Waals surface area contributed by atoms with Crippen molar-refractivity contribution in [3.63, 3.8) is 0 Å². The number of benzene rings is 1. The molecule has 0 aromatic heterocycles. The van der Waals surface area contributed by atoms with Crippen LogP contribution in [-0.4, -0.2) is 31.1 Å². The molecule has 1 aliphatic carbocycles. The van der Waals surface area contributed by atoms with Gasteiger partial charge in [0, 0.05) is 0 Å². The number of aryl methyl sites for hydroxylation is 1. The smallest absolute Gasteiger partial charge is 0.313 e. The number of hydrogen-bond donors (Lipinski definition) is 0. The van der Waals surface area contributed by atoms with Crippen molar-refractivity contribution in [2.45, 2.75) is 74.8 Å². The number of esters is 1. The molecule has 3 atom stereocenters. The summed E-state index contributed by atoms with van der Waals surface area (Å²) in [6.45, 7) is 9.11. The lowest BCUT2D eigenvalue weighted by Gasteiger charge is -2.44. The first kappa shape index (κ1) is 22.2. The largest absolute Gasteiger partial charge is 0.469 e. The first-order chi connectivity index (χ1) is 12.4. The number of carbonyl (C=O) groups is 1. The lowest BCUT2D eigenvalue weighted by molar-refractivity contribution is -0.155. The number of halogens is 1. The van der Waals surface area contributed by atoms with E-state index in [0.717, 1.165) is 18.4 Å². The Morgan fingerprint density at radius 2 is 1.70 bits per heavy atom. The minimum atomic E-state index is -3.66. The Hall–Kier alpha value is -1.07. The quantitative estimate of drug-likeness (QED) is 0.447. The number of ether oxygens (including phenoxy) is 1. The standard InChI is InChI=1S/C21H31ClO4S/c1-7-21(5,22)19(3,18(23)26-6)14-20(4,16-10-11-16)27(24,25)17-12-8-15(2)9-13-17/h8-9,12-13,16H,7,10-11,14H2,1-6H3. The summed E-state index contributed by atoms with van der Waals surface area (Å²) in [6.07, 6.45) is 2.32. The van der Waals surface area contributed by atoms with E-state index < -0.39 is 30.8 Å². The van der Waals surface area contributed by atoms with Gasteiger partial charge in [-0.25, -0.2) is 8.42 Å². The van der Waals surface area contributed by atoms with E-state index in [9.17, 15) is 13.2 Å². The Morgan fingerprint density at radius 3 is 2.11 bits per heavy atom. The summed E-state index contributed by atoms with van der Waals surface area (Å²) in [7, 11) is -2.34. The SMILES string of the molecule is CCC(C)(Cl)C(C)(CC(C)(C1CC1)S(=O)(=O)c1ccc(C)cc1)C(=O)OC. The summed E-state index contributed by atoms with van der Waals surface area (Å²) >= 11 is 6.75. The zero-order valence-electron chi connectivity index (χ0n) is 17.1. The maximum atomic E-state index is 13.7. The van der Waals surface area contributed by atoms with Gasteiger partial charge in [-0.2, -0.15) is 0 Å². The molecule has 0 amide bonds. The average molecular weight is 415 g/mol. The minimum absolute atomic E-state index is 0.0112. The third-order valence-electron chi connectivity index (χ3n) is 6.54. The molecule has 6 heteroatoms. The number of methoxy groups -OCH3 is 1. The lowest BCUT2D eigenvalue weighted by atomic mass is 9.69. The fraction of sp³-hybridized carbons (Fsp3) is 0.667. The predicted molar refractivity (Wildman–Crippen MR) is 109 cm³/mol. The van der Waals surface area contributed by atoms with Crippen LogP contribution in [0.3, 0.4) is 0 Å². The Bertz CT molecular complexity index is 796. The van der Waals surface area contributed by atoms with E-state index >= 15 is 0 Å². The number of sulfone groups is 1. The van der Waals surface area contributed by atoms with Crippen molar-refractivity contribution in [2.24, 2.45) is 11.3 Å². The van der Waals surface area contributed by atoms with Crippen molar-refractivity contribution >= 4 is 27.4 Å². The molecule has 4 nitrogen and oxygen atoms in total. The van der Waals surface area contributed by atoms with Crippen LogP contribution >= 0.6 is 11.6 Å². The fourth-order valence-electron chi connectivity index (χ4n) is 3.93. The zero-order valence-corrected chi connectivity index (χ0v) is 18.7. The van der Waals surface area contributed by atoms with E-state index in [2.05, 4.69) is 0 Å². The summed E-state index contributed by atoms with van der Waals surface area (Å²) in [5, 5.41) is 0. The molecule has 152 valence electrons. The zero-order chi connectivity index (χ0) is 20.7. The van der Waals surface area contributed by atoms with Gasteiger partial charge in [0.05, 0.1) is 27.0 Å². The van der Waals surface area contributed by atoms with Crippen LogP contribution in [-0.2, 0) is 19.4 Å². The molecule has 0 spiro atoms. The highest BCUT2D eigenvalue weighted by molar-refractivity contribution is 7.92. The highest BCUT2D eigenvalue weighted by atomic mass is 35.5. The second-order valence-electron chi connectivity index (χ2n) is 8.45. The van der Waals surface area contributed by atoms with Gasteiger partial charge in [0.25, 0.3) is 0 Å². The van der Waals surface area contributed by atoms with E-state index in [0.29, 0.717) is 11.3 Å². The van der Waals surface area contributed by atoms with E-state index in [-0.39, 0.29) is 12.3 Å². The molecule has 1 aromatic carbocycles. The molecular formula is C21H31ClO4S. The van der Waals surface area contributed by atoms with Gasteiger partial charge in [0.1, 0.15) is 0 Å². The minimum Gasteiger partial charge on any atom is -0.469 e. The van der Waals surface area contributed by atoms with Gasteiger partial charge < -0.3 is 4.74 Å². The summed E-state index contributed by atoms with van der Waals surface area (Å²) in [4.78, 5) is 12.1. The summed E-state index contributed by atoms with van der Waals surface area (Å²) in [6, 6.07) is 6.91. The Kier molecular flexibility index (Phi) is 6.09. The Morgan fingerprint density at radius 1 is 1.19 bits per heavy atom. The topological polar surface area (TPSA) is 60.4 Å². The Balaban J connectivity index is 2.58. The molecule has 0 radical (unpaired) electrons. The van der Waals surface area contributed by atoms with E-state index in [1.807, 2.05) is 13.8 Å². The highest BCUT2D eigenvalue weighted by Crippen LogP contribution is 2.55. The van der Waals surface area contributed by atoms with Crippen LogP contribution in [0.5, 0.6) is 0 Å². The molecule has 0 bridgehead atoms. The molecule has 27 heavy (non-hydrogen) atoms. The van der Waals surface area contributed by atoms with E-state index in [1.165, 1.54) is 7.11 Å². The van der Waals surface area contributed by atoms with Gasteiger partial charge in [0.15, 0.2) is 9.84 Å². The second kappa shape index (κ2) is 7.40. The molecule has 2 rings (SSSR count). The number of alkyl halides is 1. The molecule has 1 aromatic rings. The number of rotatable bonds is 8. The molecule has 1 fully saturated rings. The maximum Gasteiger partial charge on any atom is 0.313 e. The molecular weight excluding hydrogens is 384 g/mol. The van der Waals surface area contributed by atoms with Gasteiger partial charge in [-0.15, -0.1) is 11.6 Å². The van der Waals surface area contributed by atoms with Crippen LogP contribution in [0, 0.1) is 18.3 Å². The van der Waals surface area contributed by atoms with Crippen molar-refractivity contribution in [2.75, 3.05) is 7.11 Å². The number of hydrogen-bond acceptors (Lipinski definition) is 4. The molecule has 1 saturated carbocycles.